The van der Waals surface area contributed by atoms with Crippen molar-refractivity contribution in [2.75, 3.05) is 31.6 Å². The van der Waals surface area contributed by atoms with E-state index in [1.165, 1.54) is 16.3 Å². The van der Waals surface area contributed by atoms with Gasteiger partial charge in [0.1, 0.15) is 6.61 Å². The second kappa shape index (κ2) is 18.1. The van der Waals surface area contributed by atoms with Crippen molar-refractivity contribution in [3.63, 3.8) is 0 Å². The molecular weight excluding hydrogens is 572 g/mol. The Balaban J connectivity index is 1.41. The highest BCUT2D eigenvalue weighted by Gasteiger charge is 2.36. The average Bonchev–Trinajstić information content (AvgIpc) is 2.98. The first-order valence-electron chi connectivity index (χ1n) is 14.7. The Morgan fingerprint density at radius 3 is 2.30 bits per heavy atom. The largest absolute Gasteiger partial charge is 0.480 e. The van der Waals surface area contributed by atoms with Crippen LogP contribution in [-0.4, -0.2) is 66.6 Å². The number of nitrogens with one attached hydrogen (secondary N) is 2. The van der Waals surface area contributed by atoms with Crippen LogP contribution in [0.15, 0.2) is 60.7 Å². The summed E-state index contributed by atoms with van der Waals surface area (Å²) in [6.07, 6.45) is 2.39. The molecule has 3 rings (SSSR count). The molecule has 232 valence electrons. The van der Waals surface area contributed by atoms with Crippen LogP contribution in [0.3, 0.4) is 0 Å². The minimum Gasteiger partial charge on any atom is -0.480 e. The molecule has 2 unspecified atom stereocenters. The van der Waals surface area contributed by atoms with Gasteiger partial charge in [-0.25, -0.2) is 9.59 Å². The Morgan fingerprint density at radius 2 is 1.56 bits per heavy atom. The molecule has 10 heteroatoms. The summed E-state index contributed by atoms with van der Waals surface area (Å²) in [6, 6.07) is 20.4. The fourth-order valence-corrected chi connectivity index (χ4v) is 4.82. The molecule has 0 spiro atoms. The van der Waals surface area contributed by atoms with Gasteiger partial charge in [-0.15, -0.1) is 0 Å². The van der Waals surface area contributed by atoms with Crippen LogP contribution >= 0.6 is 11.6 Å². The van der Waals surface area contributed by atoms with Crippen molar-refractivity contribution in [2.45, 2.75) is 64.1 Å². The first-order chi connectivity index (χ1) is 20.7. The van der Waals surface area contributed by atoms with Crippen LogP contribution in [0.4, 0.5) is 5.69 Å². The van der Waals surface area contributed by atoms with Gasteiger partial charge in [0.25, 0.3) is 5.91 Å². The van der Waals surface area contributed by atoms with Crippen molar-refractivity contribution < 1.29 is 34.1 Å². The SMILES string of the molecule is Cc1ccc(NCCCCCNC(=O)C(OCCCCCc2ccc3ccccc3c2)C(OCC(=O)O)C(=O)O)cc1Cl. The van der Waals surface area contributed by atoms with E-state index >= 15 is 0 Å². The van der Waals surface area contributed by atoms with Crippen LogP contribution < -0.4 is 10.6 Å². The van der Waals surface area contributed by atoms with Gasteiger partial charge in [-0.2, -0.15) is 0 Å². The van der Waals surface area contributed by atoms with Gasteiger partial charge in [-0.05, 0) is 79.5 Å². The van der Waals surface area contributed by atoms with Crippen molar-refractivity contribution in [3.8, 4) is 0 Å². The van der Waals surface area contributed by atoms with Crippen LogP contribution in [0.25, 0.3) is 10.8 Å². The number of carboxylic acids is 2. The number of benzene rings is 3. The van der Waals surface area contributed by atoms with E-state index in [2.05, 4.69) is 41.0 Å². The number of carboxylic acid groups (broad SMARTS) is 2. The van der Waals surface area contributed by atoms with Crippen molar-refractivity contribution >= 4 is 45.9 Å². The first-order valence-corrected chi connectivity index (χ1v) is 15.1. The smallest absolute Gasteiger partial charge is 0.336 e. The topological polar surface area (TPSA) is 134 Å². The molecule has 0 saturated carbocycles. The molecule has 0 bridgehead atoms. The summed E-state index contributed by atoms with van der Waals surface area (Å²) in [5.41, 5.74) is 3.19. The van der Waals surface area contributed by atoms with Crippen molar-refractivity contribution in [1.29, 1.82) is 0 Å². The third kappa shape index (κ3) is 11.9. The summed E-state index contributed by atoms with van der Waals surface area (Å²) in [7, 11) is 0. The lowest BCUT2D eigenvalue weighted by atomic mass is 10.0. The number of carbonyl (C=O) groups excluding carboxylic acids is 1. The molecule has 3 aromatic rings. The molecule has 3 aromatic carbocycles. The fraction of sp³-hybridized carbons (Fsp3) is 0.424. The lowest BCUT2D eigenvalue weighted by Gasteiger charge is -2.23. The Hall–Kier alpha value is -3.66. The van der Waals surface area contributed by atoms with Crippen LogP contribution in [0.2, 0.25) is 5.02 Å². The van der Waals surface area contributed by atoms with E-state index in [-0.39, 0.29) is 6.61 Å². The van der Waals surface area contributed by atoms with Crippen LogP contribution in [0.5, 0.6) is 0 Å². The van der Waals surface area contributed by atoms with Gasteiger partial charge in [-0.1, -0.05) is 66.6 Å². The molecule has 2 atom stereocenters. The maximum atomic E-state index is 12.9. The van der Waals surface area contributed by atoms with Crippen LogP contribution in [0, 0.1) is 6.92 Å². The number of anilines is 1. The number of unbranched alkanes of at least 4 members (excludes halogenated alkanes) is 4. The molecule has 43 heavy (non-hydrogen) atoms. The highest BCUT2D eigenvalue weighted by molar-refractivity contribution is 6.31. The minimum absolute atomic E-state index is 0.144. The predicted molar refractivity (Wildman–Crippen MR) is 168 cm³/mol. The third-order valence-electron chi connectivity index (χ3n) is 7.04. The number of fused-ring (bicyclic) bond motifs is 1. The van der Waals surface area contributed by atoms with Gasteiger partial charge < -0.3 is 30.3 Å². The van der Waals surface area contributed by atoms with Gasteiger partial charge in [0, 0.05) is 30.4 Å². The molecule has 0 aliphatic rings. The van der Waals surface area contributed by atoms with Crippen LogP contribution in [-0.2, 0) is 30.3 Å². The maximum absolute atomic E-state index is 12.9. The molecule has 0 aromatic heterocycles. The molecule has 0 saturated heterocycles. The Bertz CT molecular complexity index is 1350. The number of rotatable bonds is 20. The number of aliphatic carboxylic acids is 2. The maximum Gasteiger partial charge on any atom is 0.336 e. The zero-order chi connectivity index (χ0) is 31.0. The number of hydrogen-bond acceptors (Lipinski definition) is 6. The highest BCUT2D eigenvalue weighted by atomic mass is 35.5. The molecule has 0 fully saturated rings. The number of amides is 1. The summed E-state index contributed by atoms with van der Waals surface area (Å²) in [4.78, 5) is 35.8. The Labute approximate surface area is 257 Å². The number of carbonyl (C=O) groups is 3. The van der Waals surface area contributed by atoms with E-state index in [0.717, 1.165) is 49.9 Å². The monoisotopic (exact) mass is 612 g/mol. The molecule has 0 aliphatic heterocycles. The van der Waals surface area contributed by atoms with Crippen molar-refractivity contribution in [1.82, 2.24) is 5.32 Å². The van der Waals surface area contributed by atoms with E-state index in [9.17, 15) is 19.5 Å². The molecule has 1 amide bonds. The summed E-state index contributed by atoms with van der Waals surface area (Å²) < 4.78 is 10.7. The Kier molecular flexibility index (Phi) is 14.2. The minimum atomic E-state index is -1.74. The third-order valence-corrected chi connectivity index (χ3v) is 7.45. The summed E-state index contributed by atoms with van der Waals surface area (Å²) in [5, 5.41) is 27.7. The molecule has 4 N–H and O–H groups in total. The highest BCUT2D eigenvalue weighted by Crippen LogP contribution is 2.20. The van der Waals surface area contributed by atoms with Crippen molar-refractivity contribution in [2.24, 2.45) is 0 Å². The number of hydrogen-bond donors (Lipinski definition) is 4. The van der Waals surface area contributed by atoms with Gasteiger partial charge in [0.2, 0.25) is 0 Å². The van der Waals surface area contributed by atoms with Crippen LogP contribution in [0.1, 0.15) is 49.7 Å². The standard InChI is InChI=1S/C33H41ClN2O7/c1-23-13-16-27(21-28(23)34)35-17-7-3-8-18-36-32(39)30(31(33(40)41)43-22-29(37)38)42-19-9-2-4-10-24-14-15-25-11-5-6-12-26(25)20-24/h5-6,11-16,20-21,30-31,35H,2-4,7-10,17-19,22H2,1H3,(H,36,39)(H,37,38)(H,40,41). The number of halogens is 1. The normalized spacial score (nSPS) is 12.5. The van der Waals surface area contributed by atoms with E-state index in [1.54, 1.807) is 0 Å². The first kappa shape index (κ1) is 33.8. The summed E-state index contributed by atoms with van der Waals surface area (Å²) >= 11 is 6.16. The lowest BCUT2D eigenvalue weighted by Crippen LogP contribution is -2.49. The second-order valence-electron chi connectivity index (χ2n) is 10.5. The van der Waals surface area contributed by atoms with Gasteiger partial charge in [-0.3, -0.25) is 4.79 Å². The zero-order valence-corrected chi connectivity index (χ0v) is 25.3. The van der Waals surface area contributed by atoms with Gasteiger partial charge >= 0.3 is 11.9 Å². The fourth-order valence-electron chi connectivity index (χ4n) is 4.64. The lowest BCUT2D eigenvalue weighted by molar-refractivity contribution is -0.172. The van der Waals surface area contributed by atoms with E-state index in [0.29, 0.717) is 24.4 Å². The Morgan fingerprint density at radius 1 is 0.814 bits per heavy atom. The molecule has 9 nitrogen and oxygen atoms in total. The second-order valence-corrected chi connectivity index (χ2v) is 10.9. The molecule has 0 aliphatic carbocycles. The van der Waals surface area contributed by atoms with Crippen molar-refractivity contribution in [3.05, 3.63) is 76.8 Å². The van der Waals surface area contributed by atoms with E-state index in [1.807, 2.05) is 37.3 Å². The number of aryl methyl sites for hydroxylation is 2. The zero-order valence-electron chi connectivity index (χ0n) is 24.5. The molecular formula is C33H41ClN2O7. The predicted octanol–water partition coefficient (Wildman–Crippen LogP) is 5.85. The number of ether oxygens (including phenoxy) is 2. The molecule has 0 radical (unpaired) electrons. The van der Waals surface area contributed by atoms with E-state index in [4.69, 9.17) is 26.2 Å². The summed E-state index contributed by atoms with van der Waals surface area (Å²) in [6.45, 7) is 2.30. The average molecular weight is 613 g/mol. The van der Waals surface area contributed by atoms with Gasteiger partial charge in [0.05, 0.1) is 0 Å². The van der Waals surface area contributed by atoms with Gasteiger partial charge in [0.15, 0.2) is 12.2 Å². The van der Waals surface area contributed by atoms with E-state index < -0.39 is 36.7 Å². The summed E-state index contributed by atoms with van der Waals surface area (Å²) in [5.74, 6) is -3.43. The molecule has 0 heterocycles. The quantitative estimate of drug-likeness (QED) is 0.117.